The van der Waals surface area contributed by atoms with Gasteiger partial charge in [0.15, 0.2) is 0 Å². The maximum absolute atomic E-state index is 4.65. The van der Waals surface area contributed by atoms with Gasteiger partial charge < -0.3 is 14.8 Å². The van der Waals surface area contributed by atoms with E-state index in [1.165, 1.54) is 19.4 Å². The molecular formula is C20H26N6. The number of imidazole rings is 1. The lowest BCUT2D eigenvalue weighted by Crippen LogP contribution is -2.40. The second-order valence-corrected chi connectivity index (χ2v) is 7.27. The maximum Gasteiger partial charge on any atom is 0.130 e. The summed E-state index contributed by atoms with van der Waals surface area (Å²) in [5, 5.41) is 3.61. The molecule has 0 bridgehead atoms. The van der Waals surface area contributed by atoms with Gasteiger partial charge >= 0.3 is 0 Å². The van der Waals surface area contributed by atoms with Gasteiger partial charge in [0.2, 0.25) is 0 Å². The molecule has 3 heterocycles. The minimum atomic E-state index is 0.451. The van der Waals surface area contributed by atoms with E-state index in [9.17, 15) is 0 Å². The topological polar surface area (TPSA) is 58.9 Å². The number of hydrogen-bond acceptors (Lipinski definition) is 5. The van der Waals surface area contributed by atoms with Gasteiger partial charge in [-0.25, -0.2) is 15.0 Å². The summed E-state index contributed by atoms with van der Waals surface area (Å²) in [6.45, 7) is 6.95. The molecule has 26 heavy (non-hydrogen) atoms. The zero-order valence-electron chi connectivity index (χ0n) is 15.7. The molecule has 2 aromatic heterocycles. The van der Waals surface area contributed by atoms with E-state index in [4.69, 9.17) is 0 Å². The molecule has 4 rings (SSSR count). The molecular weight excluding hydrogens is 324 g/mol. The number of para-hydroxylation sites is 2. The summed E-state index contributed by atoms with van der Waals surface area (Å²) in [5.74, 6) is 2.73. The number of benzene rings is 1. The van der Waals surface area contributed by atoms with Crippen molar-refractivity contribution in [3.63, 3.8) is 0 Å². The molecule has 0 radical (unpaired) electrons. The lowest BCUT2D eigenvalue weighted by Gasteiger charge is -2.30. The molecule has 1 N–H and O–H groups in total. The largest absolute Gasteiger partial charge is 0.366 e. The van der Waals surface area contributed by atoms with Crippen molar-refractivity contribution < 1.29 is 0 Å². The van der Waals surface area contributed by atoms with Crippen molar-refractivity contribution in [1.82, 2.24) is 24.4 Å². The van der Waals surface area contributed by atoms with Crippen molar-refractivity contribution in [1.29, 1.82) is 0 Å². The zero-order valence-corrected chi connectivity index (χ0v) is 15.7. The standard InChI is InChI=1S/C20H26N6/c1-14-21-17(11-20(22-14)24-16-7-6-10-25(3)12-16)13-26-15(2)23-18-8-4-5-9-19(18)26/h4-5,8-9,11,16H,6-7,10,12-13H2,1-3H3,(H,21,22,24). The Morgan fingerprint density at radius 1 is 1.15 bits per heavy atom. The average Bonchev–Trinajstić information content (AvgIpc) is 2.90. The molecule has 1 atom stereocenters. The van der Waals surface area contributed by atoms with Crippen LogP contribution >= 0.6 is 0 Å². The Labute approximate surface area is 154 Å². The van der Waals surface area contributed by atoms with Crippen LogP contribution in [-0.2, 0) is 6.54 Å². The molecule has 1 saturated heterocycles. The van der Waals surface area contributed by atoms with Crippen molar-refractivity contribution in [2.45, 2.75) is 39.3 Å². The molecule has 1 unspecified atom stereocenters. The number of rotatable bonds is 4. The highest BCUT2D eigenvalue weighted by molar-refractivity contribution is 5.75. The lowest BCUT2D eigenvalue weighted by atomic mass is 10.1. The molecule has 3 aromatic rings. The van der Waals surface area contributed by atoms with Gasteiger partial charge in [0.25, 0.3) is 0 Å². The second-order valence-electron chi connectivity index (χ2n) is 7.27. The van der Waals surface area contributed by atoms with Crippen LogP contribution in [0.2, 0.25) is 0 Å². The molecule has 1 fully saturated rings. The molecule has 6 nitrogen and oxygen atoms in total. The van der Waals surface area contributed by atoms with Gasteiger partial charge in [-0.1, -0.05) is 12.1 Å². The number of nitrogens with zero attached hydrogens (tertiary/aromatic N) is 5. The van der Waals surface area contributed by atoms with E-state index in [-0.39, 0.29) is 0 Å². The third-order valence-corrected chi connectivity index (χ3v) is 5.03. The van der Waals surface area contributed by atoms with Gasteiger partial charge in [-0.2, -0.15) is 0 Å². The SMILES string of the molecule is Cc1nc(Cn2c(C)nc3ccccc32)cc(NC2CCCN(C)C2)n1. The van der Waals surface area contributed by atoms with Crippen LogP contribution in [0.4, 0.5) is 5.82 Å². The van der Waals surface area contributed by atoms with Crippen molar-refractivity contribution >= 4 is 16.9 Å². The number of nitrogens with one attached hydrogen (secondary N) is 1. The molecule has 0 spiro atoms. The van der Waals surface area contributed by atoms with E-state index in [0.717, 1.165) is 40.7 Å². The Balaban J connectivity index is 1.58. The van der Waals surface area contributed by atoms with Crippen LogP contribution < -0.4 is 5.32 Å². The van der Waals surface area contributed by atoms with Crippen LogP contribution in [0.25, 0.3) is 11.0 Å². The first kappa shape index (κ1) is 17.0. The quantitative estimate of drug-likeness (QED) is 0.784. The average molecular weight is 350 g/mol. The van der Waals surface area contributed by atoms with Gasteiger partial charge in [0.1, 0.15) is 17.5 Å². The first-order chi connectivity index (χ1) is 12.6. The minimum absolute atomic E-state index is 0.451. The smallest absolute Gasteiger partial charge is 0.130 e. The fraction of sp³-hybridized carbons (Fsp3) is 0.450. The predicted octanol–water partition coefficient (Wildman–Crippen LogP) is 3.00. The van der Waals surface area contributed by atoms with Gasteiger partial charge in [0, 0.05) is 18.7 Å². The van der Waals surface area contributed by atoms with E-state index in [1.54, 1.807) is 0 Å². The van der Waals surface area contributed by atoms with Crippen LogP contribution in [-0.4, -0.2) is 50.6 Å². The monoisotopic (exact) mass is 350 g/mol. The normalized spacial score (nSPS) is 18.3. The molecule has 136 valence electrons. The Kier molecular flexibility index (Phi) is 4.59. The number of likely N-dealkylation sites (tertiary alicyclic amines) is 1. The van der Waals surface area contributed by atoms with Crippen LogP contribution in [0.15, 0.2) is 30.3 Å². The van der Waals surface area contributed by atoms with E-state index < -0.39 is 0 Å². The molecule has 1 aromatic carbocycles. The number of fused-ring (bicyclic) bond motifs is 1. The molecule has 0 aliphatic carbocycles. The van der Waals surface area contributed by atoms with Gasteiger partial charge in [-0.05, 0) is 52.4 Å². The Hall–Kier alpha value is -2.47. The third kappa shape index (κ3) is 3.55. The molecule has 1 aliphatic rings. The van der Waals surface area contributed by atoms with Gasteiger partial charge in [0.05, 0.1) is 23.3 Å². The number of hydrogen-bond donors (Lipinski definition) is 1. The first-order valence-corrected chi connectivity index (χ1v) is 9.30. The van der Waals surface area contributed by atoms with Crippen LogP contribution in [0.3, 0.4) is 0 Å². The van der Waals surface area contributed by atoms with Crippen LogP contribution in [0.1, 0.15) is 30.2 Å². The maximum atomic E-state index is 4.65. The Bertz CT molecular complexity index is 916. The predicted molar refractivity (Wildman–Crippen MR) is 104 cm³/mol. The van der Waals surface area contributed by atoms with Crippen molar-refractivity contribution in [2.75, 3.05) is 25.5 Å². The third-order valence-electron chi connectivity index (χ3n) is 5.03. The molecule has 1 aliphatic heterocycles. The second kappa shape index (κ2) is 7.03. The number of piperidine rings is 1. The molecule has 0 saturated carbocycles. The summed E-state index contributed by atoms with van der Waals surface area (Å²) in [7, 11) is 2.18. The highest BCUT2D eigenvalue weighted by Crippen LogP contribution is 2.19. The summed E-state index contributed by atoms with van der Waals surface area (Å²) >= 11 is 0. The summed E-state index contributed by atoms with van der Waals surface area (Å²) in [5.41, 5.74) is 3.18. The minimum Gasteiger partial charge on any atom is -0.366 e. The summed E-state index contributed by atoms with van der Waals surface area (Å²) < 4.78 is 2.22. The van der Waals surface area contributed by atoms with Crippen LogP contribution in [0, 0.1) is 13.8 Å². The highest BCUT2D eigenvalue weighted by atomic mass is 15.2. The van der Waals surface area contributed by atoms with Gasteiger partial charge in [-0.3, -0.25) is 0 Å². The Morgan fingerprint density at radius 3 is 2.85 bits per heavy atom. The van der Waals surface area contributed by atoms with Gasteiger partial charge in [-0.15, -0.1) is 0 Å². The van der Waals surface area contributed by atoms with E-state index in [0.29, 0.717) is 12.6 Å². The number of anilines is 1. The Morgan fingerprint density at radius 2 is 2.00 bits per heavy atom. The van der Waals surface area contributed by atoms with Crippen LogP contribution in [0.5, 0.6) is 0 Å². The highest BCUT2D eigenvalue weighted by Gasteiger charge is 2.18. The summed E-state index contributed by atoms with van der Waals surface area (Å²) in [6, 6.07) is 10.8. The van der Waals surface area contributed by atoms with E-state index >= 15 is 0 Å². The van der Waals surface area contributed by atoms with Crippen molar-refractivity contribution in [2.24, 2.45) is 0 Å². The zero-order chi connectivity index (χ0) is 18.1. The van der Waals surface area contributed by atoms with E-state index in [1.807, 2.05) is 19.9 Å². The number of aromatic nitrogens is 4. The van der Waals surface area contributed by atoms with E-state index in [2.05, 4.69) is 61.0 Å². The fourth-order valence-electron chi connectivity index (χ4n) is 3.84. The molecule has 6 heteroatoms. The summed E-state index contributed by atoms with van der Waals surface area (Å²) in [4.78, 5) is 16.3. The first-order valence-electron chi connectivity index (χ1n) is 9.30. The van der Waals surface area contributed by atoms with Crippen molar-refractivity contribution in [3.8, 4) is 0 Å². The molecule has 0 amide bonds. The fourth-order valence-corrected chi connectivity index (χ4v) is 3.84. The number of likely N-dealkylation sites (N-methyl/N-ethyl adjacent to an activating group) is 1. The summed E-state index contributed by atoms with van der Waals surface area (Å²) in [6.07, 6.45) is 2.42. The van der Waals surface area contributed by atoms with Crippen molar-refractivity contribution in [3.05, 3.63) is 47.7 Å². The number of aryl methyl sites for hydroxylation is 2. The lowest BCUT2D eigenvalue weighted by molar-refractivity contribution is 0.260.